The number of carbonyl (C=O) groups excluding carboxylic acids is 1. The Kier molecular flexibility index (Phi) is 6.44. The van der Waals surface area contributed by atoms with Crippen LogP contribution >= 0.6 is 0 Å². The summed E-state index contributed by atoms with van der Waals surface area (Å²) in [6, 6.07) is 13.7. The smallest absolute Gasteiger partial charge is 0.406 e. The van der Waals surface area contributed by atoms with Crippen molar-refractivity contribution in [1.29, 1.82) is 0 Å². The molecule has 29 heavy (non-hydrogen) atoms. The highest BCUT2D eigenvalue weighted by molar-refractivity contribution is 5.94. The van der Waals surface area contributed by atoms with Gasteiger partial charge < -0.3 is 19.9 Å². The van der Waals surface area contributed by atoms with Gasteiger partial charge in [-0.25, -0.2) is 0 Å². The second-order valence-electron chi connectivity index (χ2n) is 6.93. The number of aliphatic hydroxyl groups is 1. The first-order valence-corrected chi connectivity index (χ1v) is 9.27. The highest BCUT2D eigenvalue weighted by Crippen LogP contribution is 2.35. The minimum atomic E-state index is -4.79. The molecule has 0 spiro atoms. The largest absolute Gasteiger partial charge is 0.573 e. The minimum Gasteiger partial charge on any atom is -0.406 e. The van der Waals surface area contributed by atoms with Crippen molar-refractivity contribution < 1.29 is 32.5 Å². The van der Waals surface area contributed by atoms with Crippen LogP contribution in [0, 0.1) is 5.92 Å². The quantitative estimate of drug-likeness (QED) is 0.765. The average molecular weight is 409 g/mol. The van der Waals surface area contributed by atoms with Crippen LogP contribution in [0.25, 0.3) is 0 Å². The van der Waals surface area contributed by atoms with Gasteiger partial charge in [0.2, 0.25) is 0 Å². The van der Waals surface area contributed by atoms with Crippen molar-refractivity contribution in [2.24, 2.45) is 5.92 Å². The second-order valence-corrected chi connectivity index (χ2v) is 6.93. The molecule has 2 aromatic rings. The van der Waals surface area contributed by atoms with Crippen molar-refractivity contribution in [3.8, 4) is 5.75 Å². The van der Waals surface area contributed by atoms with Crippen molar-refractivity contribution in [2.75, 3.05) is 19.8 Å². The summed E-state index contributed by atoms with van der Waals surface area (Å²) >= 11 is 0. The van der Waals surface area contributed by atoms with Gasteiger partial charge in [-0.15, -0.1) is 13.2 Å². The highest BCUT2D eigenvalue weighted by Gasteiger charge is 2.39. The van der Waals surface area contributed by atoms with E-state index in [0.717, 1.165) is 12.1 Å². The summed E-state index contributed by atoms with van der Waals surface area (Å²) in [4.78, 5) is 12.5. The fourth-order valence-corrected chi connectivity index (χ4v) is 3.51. The molecule has 0 bridgehead atoms. The predicted molar refractivity (Wildman–Crippen MR) is 99.3 cm³/mol. The number of nitrogens with one attached hydrogen (secondary N) is 1. The molecule has 0 aromatic heterocycles. The van der Waals surface area contributed by atoms with Crippen LogP contribution < -0.4 is 10.1 Å². The van der Waals surface area contributed by atoms with Gasteiger partial charge in [-0.2, -0.15) is 0 Å². The van der Waals surface area contributed by atoms with Crippen molar-refractivity contribution >= 4 is 5.91 Å². The molecule has 2 aromatic carbocycles. The third-order valence-corrected chi connectivity index (χ3v) is 5.04. The van der Waals surface area contributed by atoms with Crippen LogP contribution in [0.5, 0.6) is 5.75 Å². The maximum atomic E-state index is 12.5. The van der Waals surface area contributed by atoms with E-state index in [-0.39, 0.29) is 18.0 Å². The Morgan fingerprint density at radius 1 is 1.07 bits per heavy atom. The van der Waals surface area contributed by atoms with Gasteiger partial charge in [-0.1, -0.05) is 30.3 Å². The van der Waals surface area contributed by atoms with E-state index >= 15 is 0 Å². The molecular formula is C21H22F3NO4. The molecule has 2 N–H and O–H groups in total. The van der Waals surface area contributed by atoms with Crippen LogP contribution in [0.4, 0.5) is 13.2 Å². The Morgan fingerprint density at radius 3 is 2.28 bits per heavy atom. The van der Waals surface area contributed by atoms with Crippen molar-refractivity contribution in [2.45, 2.75) is 24.8 Å². The van der Waals surface area contributed by atoms with Gasteiger partial charge in [-0.3, -0.25) is 4.79 Å². The Labute approximate surface area is 166 Å². The standard InChI is InChI=1S/C21H22F3NO4/c22-21(23,24)29-18-8-6-15(7-9-18)19(26)25-14-20(27,16-4-2-1-3-5-16)17-10-12-28-13-11-17/h1-9,17,27H,10-14H2,(H,25,26). The van der Waals surface area contributed by atoms with E-state index in [9.17, 15) is 23.1 Å². The zero-order chi connectivity index (χ0) is 20.9. The lowest BCUT2D eigenvalue weighted by molar-refractivity contribution is -0.274. The van der Waals surface area contributed by atoms with Gasteiger partial charge in [0.25, 0.3) is 5.91 Å². The molecule has 156 valence electrons. The number of hydrogen-bond acceptors (Lipinski definition) is 4. The second kappa shape index (κ2) is 8.84. The number of halogens is 3. The van der Waals surface area contributed by atoms with Gasteiger partial charge in [0.15, 0.2) is 0 Å². The van der Waals surface area contributed by atoms with Crippen LogP contribution in [-0.2, 0) is 10.3 Å². The minimum absolute atomic E-state index is 0.0265. The number of ether oxygens (including phenoxy) is 2. The zero-order valence-corrected chi connectivity index (χ0v) is 15.6. The van der Waals surface area contributed by atoms with Crippen LogP contribution in [0.1, 0.15) is 28.8 Å². The van der Waals surface area contributed by atoms with Crippen molar-refractivity contribution in [3.63, 3.8) is 0 Å². The molecule has 0 aliphatic carbocycles. The van der Waals surface area contributed by atoms with E-state index in [1.165, 1.54) is 12.1 Å². The maximum absolute atomic E-state index is 12.5. The summed E-state index contributed by atoms with van der Waals surface area (Å²) in [5.74, 6) is -0.997. The first-order valence-electron chi connectivity index (χ1n) is 9.27. The first-order chi connectivity index (χ1) is 13.8. The number of benzene rings is 2. The number of amides is 1. The number of hydrogen-bond donors (Lipinski definition) is 2. The molecule has 3 rings (SSSR count). The summed E-state index contributed by atoms with van der Waals surface area (Å²) in [6.07, 6.45) is -3.48. The molecule has 0 saturated carbocycles. The van der Waals surface area contributed by atoms with Crippen LogP contribution in [-0.4, -0.2) is 37.1 Å². The van der Waals surface area contributed by atoms with Gasteiger partial charge in [-0.05, 0) is 48.6 Å². The first kappa shape index (κ1) is 21.1. The van der Waals surface area contributed by atoms with Crippen molar-refractivity contribution in [3.05, 3.63) is 65.7 Å². The van der Waals surface area contributed by atoms with E-state index < -0.39 is 23.6 Å². The molecule has 1 aliphatic rings. The van der Waals surface area contributed by atoms with Gasteiger partial charge in [0.05, 0.1) is 6.54 Å². The number of carbonyl (C=O) groups is 1. The number of alkyl halides is 3. The van der Waals surface area contributed by atoms with E-state index in [1.54, 1.807) is 0 Å². The van der Waals surface area contributed by atoms with Gasteiger partial charge in [0, 0.05) is 18.8 Å². The summed E-state index contributed by atoms with van der Waals surface area (Å²) in [5, 5.41) is 14.2. The van der Waals surface area contributed by atoms with Crippen LogP contribution in [0.2, 0.25) is 0 Å². The average Bonchev–Trinajstić information content (AvgIpc) is 2.72. The van der Waals surface area contributed by atoms with E-state index in [2.05, 4.69) is 10.1 Å². The molecule has 1 fully saturated rings. The Morgan fingerprint density at radius 2 is 1.69 bits per heavy atom. The molecule has 1 saturated heterocycles. The monoisotopic (exact) mass is 409 g/mol. The normalized spacial score (nSPS) is 17.4. The SMILES string of the molecule is O=C(NCC(O)(c1ccccc1)C1CCOCC1)c1ccc(OC(F)(F)F)cc1. The van der Waals surface area contributed by atoms with Crippen LogP contribution in [0.15, 0.2) is 54.6 Å². The predicted octanol–water partition coefficient (Wildman–Crippen LogP) is 3.63. The summed E-state index contributed by atoms with van der Waals surface area (Å²) in [6.45, 7) is 1.05. The fraction of sp³-hybridized carbons (Fsp3) is 0.381. The number of rotatable bonds is 6. The molecular weight excluding hydrogens is 387 g/mol. The van der Waals surface area contributed by atoms with E-state index in [4.69, 9.17) is 4.74 Å². The van der Waals surface area contributed by atoms with Crippen molar-refractivity contribution in [1.82, 2.24) is 5.32 Å². The lowest BCUT2D eigenvalue weighted by atomic mass is 9.77. The third kappa shape index (κ3) is 5.48. The Bertz CT molecular complexity index is 805. The maximum Gasteiger partial charge on any atom is 0.573 e. The lowest BCUT2D eigenvalue weighted by Crippen LogP contribution is -2.47. The molecule has 1 aliphatic heterocycles. The molecule has 1 unspecified atom stereocenters. The van der Waals surface area contributed by atoms with Crippen LogP contribution in [0.3, 0.4) is 0 Å². The fourth-order valence-electron chi connectivity index (χ4n) is 3.51. The molecule has 8 heteroatoms. The molecule has 0 radical (unpaired) electrons. The molecule has 5 nitrogen and oxygen atoms in total. The molecule has 1 heterocycles. The molecule has 1 amide bonds. The van der Waals surface area contributed by atoms with Gasteiger partial charge >= 0.3 is 6.36 Å². The summed E-state index contributed by atoms with van der Waals surface area (Å²) in [7, 11) is 0. The van der Waals surface area contributed by atoms with Gasteiger partial charge in [0.1, 0.15) is 11.4 Å². The lowest BCUT2D eigenvalue weighted by Gasteiger charge is -2.39. The zero-order valence-electron chi connectivity index (χ0n) is 15.6. The summed E-state index contributed by atoms with van der Waals surface area (Å²) < 4.78 is 45.9. The Balaban J connectivity index is 1.71. The Hall–Kier alpha value is -2.58. The third-order valence-electron chi connectivity index (χ3n) is 5.04. The highest BCUT2D eigenvalue weighted by atomic mass is 19.4. The topological polar surface area (TPSA) is 67.8 Å². The summed E-state index contributed by atoms with van der Waals surface area (Å²) in [5.41, 5.74) is -0.414. The van der Waals surface area contributed by atoms with E-state index in [1.807, 2.05) is 30.3 Å². The van der Waals surface area contributed by atoms with E-state index in [0.29, 0.717) is 31.6 Å². The molecule has 1 atom stereocenters.